The molecule has 1 aliphatic rings. The summed E-state index contributed by atoms with van der Waals surface area (Å²) in [6, 6.07) is 11.5. The molecule has 1 fully saturated rings. The Morgan fingerprint density at radius 2 is 1.76 bits per heavy atom. The Bertz CT molecular complexity index is 791. The van der Waals surface area contributed by atoms with Gasteiger partial charge >= 0.3 is 0 Å². The van der Waals surface area contributed by atoms with Gasteiger partial charge in [-0.3, -0.25) is 0 Å². The average molecular weight is 415 g/mol. The van der Waals surface area contributed by atoms with Crippen LogP contribution in [-0.2, 0) is 0 Å². The van der Waals surface area contributed by atoms with Crippen LogP contribution in [0.25, 0.3) is 11.1 Å². The molecule has 1 saturated carbocycles. The predicted octanol–water partition coefficient (Wildman–Crippen LogP) is 8.57. The molecule has 0 amide bonds. The second-order valence-corrected chi connectivity index (χ2v) is 8.49. The first-order valence-corrected chi connectivity index (χ1v) is 11.4. The predicted molar refractivity (Wildman–Crippen MR) is 121 cm³/mol. The van der Waals surface area contributed by atoms with E-state index in [0.29, 0.717) is 17.4 Å². The summed E-state index contributed by atoms with van der Waals surface area (Å²) in [5.74, 6) is 1.43. The van der Waals surface area contributed by atoms with Crippen LogP contribution in [0.1, 0.15) is 69.8 Å². The van der Waals surface area contributed by atoms with Crippen LogP contribution in [0.5, 0.6) is 5.75 Å². The van der Waals surface area contributed by atoms with Crippen molar-refractivity contribution < 1.29 is 9.13 Å². The summed E-state index contributed by atoms with van der Waals surface area (Å²) < 4.78 is 20.9. The fourth-order valence-corrected chi connectivity index (χ4v) is 4.54. The minimum absolute atomic E-state index is 0.279. The Kier molecular flexibility index (Phi) is 8.18. The quantitative estimate of drug-likeness (QED) is 0.295. The van der Waals surface area contributed by atoms with Gasteiger partial charge in [-0.1, -0.05) is 68.1 Å². The van der Waals surface area contributed by atoms with E-state index in [4.69, 9.17) is 16.3 Å². The van der Waals surface area contributed by atoms with Gasteiger partial charge in [-0.25, -0.2) is 4.39 Å². The van der Waals surface area contributed by atoms with E-state index in [1.54, 1.807) is 0 Å². The molecule has 0 radical (unpaired) electrons. The van der Waals surface area contributed by atoms with Gasteiger partial charge in [0, 0.05) is 5.56 Å². The molecule has 1 nitrogen and oxygen atoms in total. The molecular formula is C26H32ClFO. The summed E-state index contributed by atoms with van der Waals surface area (Å²) >= 11 is 6.47. The maximum Gasteiger partial charge on any atom is 0.149 e. The molecule has 156 valence electrons. The third kappa shape index (κ3) is 5.63. The number of allylic oxidation sites excluding steroid dienone is 1. The highest BCUT2D eigenvalue weighted by atomic mass is 35.5. The third-order valence-corrected chi connectivity index (χ3v) is 6.47. The SMILES string of the molecule is C=CC1CCC(c2ccc(-c3ccc(OCCCCCC)cc3)c(F)c2Cl)CC1. The number of benzene rings is 2. The van der Waals surface area contributed by atoms with Crippen molar-refractivity contribution in [3.8, 4) is 16.9 Å². The van der Waals surface area contributed by atoms with E-state index >= 15 is 4.39 Å². The maximum atomic E-state index is 15.1. The van der Waals surface area contributed by atoms with Crippen molar-refractivity contribution in [1.82, 2.24) is 0 Å². The molecule has 0 atom stereocenters. The molecule has 0 unspecified atom stereocenters. The van der Waals surface area contributed by atoms with Crippen molar-refractivity contribution in [2.75, 3.05) is 6.61 Å². The van der Waals surface area contributed by atoms with Gasteiger partial charge in [0.1, 0.15) is 11.6 Å². The van der Waals surface area contributed by atoms with Crippen LogP contribution in [0.3, 0.4) is 0 Å². The van der Waals surface area contributed by atoms with Gasteiger partial charge in [-0.05, 0) is 67.2 Å². The zero-order valence-electron chi connectivity index (χ0n) is 17.4. The van der Waals surface area contributed by atoms with Crippen molar-refractivity contribution >= 4 is 11.6 Å². The molecule has 0 N–H and O–H groups in total. The average Bonchev–Trinajstić information content (AvgIpc) is 2.76. The first-order chi connectivity index (χ1) is 14.1. The number of hydrogen-bond acceptors (Lipinski definition) is 1. The van der Waals surface area contributed by atoms with E-state index < -0.39 is 0 Å². The summed E-state index contributed by atoms with van der Waals surface area (Å²) in [4.78, 5) is 0. The maximum absolute atomic E-state index is 15.1. The van der Waals surface area contributed by atoms with Crippen molar-refractivity contribution in [2.45, 2.75) is 64.2 Å². The summed E-state index contributed by atoms with van der Waals surface area (Å²) in [5, 5.41) is 0.279. The Morgan fingerprint density at radius 3 is 2.41 bits per heavy atom. The molecule has 0 heterocycles. The number of ether oxygens (including phenoxy) is 1. The van der Waals surface area contributed by atoms with E-state index in [1.165, 1.54) is 19.3 Å². The van der Waals surface area contributed by atoms with Crippen LogP contribution in [-0.4, -0.2) is 6.61 Å². The largest absolute Gasteiger partial charge is 0.494 e. The number of halogens is 2. The van der Waals surface area contributed by atoms with Crippen LogP contribution in [0, 0.1) is 11.7 Å². The highest BCUT2D eigenvalue weighted by Crippen LogP contribution is 2.41. The second kappa shape index (κ2) is 10.8. The Balaban J connectivity index is 1.66. The Hall–Kier alpha value is -1.80. The summed E-state index contributed by atoms with van der Waals surface area (Å²) in [5.41, 5.74) is 2.32. The summed E-state index contributed by atoms with van der Waals surface area (Å²) in [6.45, 7) is 6.82. The molecule has 2 aromatic carbocycles. The molecule has 0 saturated heterocycles. The molecule has 3 heteroatoms. The van der Waals surface area contributed by atoms with Gasteiger partial charge in [0.2, 0.25) is 0 Å². The lowest BCUT2D eigenvalue weighted by molar-refractivity contribution is 0.305. The molecule has 0 bridgehead atoms. The molecule has 2 aromatic rings. The Labute approximate surface area is 179 Å². The molecule has 1 aliphatic carbocycles. The molecule has 0 aromatic heterocycles. The number of unbranched alkanes of at least 4 members (excludes halogenated alkanes) is 3. The van der Waals surface area contributed by atoms with Crippen LogP contribution in [0.2, 0.25) is 5.02 Å². The third-order valence-electron chi connectivity index (χ3n) is 6.09. The zero-order chi connectivity index (χ0) is 20.6. The summed E-state index contributed by atoms with van der Waals surface area (Å²) in [6.07, 6.45) is 11.1. The normalized spacial score (nSPS) is 19.1. The highest BCUT2D eigenvalue weighted by molar-refractivity contribution is 6.32. The van der Waals surface area contributed by atoms with Gasteiger partial charge in [0.05, 0.1) is 11.6 Å². The molecule has 29 heavy (non-hydrogen) atoms. The van der Waals surface area contributed by atoms with Crippen LogP contribution in [0.15, 0.2) is 49.1 Å². The van der Waals surface area contributed by atoms with Crippen LogP contribution >= 0.6 is 11.6 Å². The smallest absolute Gasteiger partial charge is 0.149 e. The lowest BCUT2D eigenvalue weighted by atomic mass is 9.78. The lowest BCUT2D eigenvalue weighted by Crippen LogP contribution is -2.12. The lowest BCUT2D eigenvalue weighted by Gasteiger charge is -2.27. The van der Waals surface area contributed by atoms with E-state index in [2.05, 4.69) is 13.5 Å². The number of hydrogen-bond donors (Lipinski definition) is 0. The highest BCUT2D eigenvalue weighted by Gasteiger charge is 2.24. The van der Waals surface area contributed by atoms with Crippen LogP contribution < -0.4 is 4.74 Å². The number of rotatable bonds is 9. The fraction of sp³-hybridized carbons (Fsp3) is 0.462. The van der Waals surface area contributed by atoms with Gasteiger partial charge in [-0.15, -0.1) is 6.58 Å². The standard InChI is InChI=1S/C26H32ClFO/c1-3-5-6-7-18-29-22-14-12-21(13-15-22)24-17-16-23(25(27)26(24)28)20-10-8-19(4-2)9-11-20/h4,12-17,19-20H,2-3,5-11,18H2,1H3. The van der Waals surface area contributed by atoms with Crippen molar-refractivity contribution in [2.24, 2.45) is 5.92 Å². The van der Waals surface area contributed by atoms with Crippen molar-refractivity contribution in [3.63, 3.8) is 0 Å². The van der Waals surface area contributed by atoms with E-state index in [1.807, 2.05) is 42.5 Å². The van der Waals surface area contributed by atoms with Gasteiger partial charge in [-0.2, -0.15) is 0 Å². The van der Waals surface area contributed by atoms with Crippen molar-refractivity contribution in [1.29, 1.82) is 0 Å². The topological polar surface area (TPSA) is 9.23 Å². The van der Waals surface area contributed by atoms with Gasteiger partial charge < -0.3 is 4.74 Å². The summed E-state index contributed by atoms with van der Waals surface area (Å²) in [7, 11) is 0. The monoisotopic (exact) mass is 414 g/mol. The molecular weight excluding hydrogens is 383 g/mol. The van der Waals surface area contributed by atoms with Crippen LogP contribution in [0.4, 0.5) is 4.39 Å². The second-order valence-electron chi connectivity index (χ2n) is 8.11. The molecule has 0 aliphatic heterocycles. The Morgan fingerprint density at radius 1 is 1.03 bits per heavy atom. The van der Waals surface area contributed by atoms with Gasteiger partial charge in [0.15, 0.2) is 0 Å². The minimum Gasteiger partial charge on any atom is -0.494 e. The van der Waals surface area contributed by atoms with E-state index in [-0.39, 0.29) is 10.8 Å². The van der Waals surface area contributed by atoms with E-state index in [9.17, 15) is 0 Å². The van der Waals surface area contributed by atoms with Gasteiger partial charge in [0.25, 0.3) is 0 Å². The molecule has 0 spiro atoms. The fourth-order valence-electron chi connectivity index (χ4n) is 4.22. The first kappa shape index (κ1) is 21.9. The zero-order valence-corrected chi connectivity index (χ0v) is 18.2. The first-order valence-electron chi connectivity index (χ1n) is 11.0. The van der Waals surface area contributed by atoms with E-state index in [0.717, 1.165) is 55.6 Å². The molecule has 3 rings (SSSR count). The minimum atomic E-state index is -0.316. The van der Waals surface area contributed by atoms with Crippen molar-refractivity contribution in [3.05, 3.63) is 65.5 Å².